The Kier molecular flexibility index (Phi) is 6.01. The average Bonchev–Trinajstić information content (AvgIpc) is 2.84. The van der Waals surface area contributed by atoms with Gasteiger partial charge in [-0.3, -0.25) is 0 Å². The maximum atomic E-state index is 16.8. The van der Waals surface area contributed by atoms with Gasteiger partial charge in [-0.1, -0.05) is 0 Å². The Bertz CT molecular complexity index is 1110. The molecule has 32 heavy (non-hydrogen) atoms. The van der Waals surface area contributed by atoms with Crippen molar-refractivity contribution in [2.45, 2.75) is 25.7 Å². The molecular formula is C28H28FO2P. The summed E-state index contributed by atoms with van der Waals surface area (Å²) in [5, 5.41) is -0.0786. The van der Waals surface area contributed by atoms with Crippen molar-refractivity contribution in [1.29, 1.82) is 0 Å². The Morgan fingerprint density at radius 3 is 1.22 bits per heavy atom. The SMILES string of the molecule is CC(c1ccccc1)c1ccccc1P(O)(O)(F)c1ccccc1C(C)c1ccccc1. The standard InChI is InChI=1S/C28H28FO2P/c1-21(23-13-5-3-6-14-23)25-17-9-11-19-27(25)32(29,30,31)28-20-12-10-18-26(28)22(2)24-15-7-4-8-16-24/h3-22,30-31H,1-2H3. The molecule has 0 bridgehead atoms. The summed E-state index contributed by atoms with van der Waals surface area (Å²) in [6.07, 6.45) is 0. The number of hydrogen-bond acceptors (Lipinski definition) is 2. The zero-order valence-corrected chi connectivity index (χ0v) is 19.2. The maximum absolute atomic E-state index is 16.8. The van der Waals surface area contributed by atoms with Crippen molar-refractivity contribution >= 4 is 18.0 Å². The van der Waals surface area contributed by atoms with Gasteiger partial charge in [0, 0.05) is 0 Å². The first-order valence-electron chi connectivity index (χ1n) is 10.8. The van der Waals surface area contributed by atoms with Crippen molar-refractivity contribution in [1.82, 2.24) is 0 Å². The summed E-state index contributed by atoms with van der Waals surface area (Å²) in [6, 6.07) is 33.0. The van der Waals surface area contributed by atoms with E-state index in [1.807, 2.05) is 86.6 Å². The quantitative estimate of drug-likeness (QED) is 0.347. The molecule has 2 N–H and O–H groups in total. The van der Waals surface area contributed by atoms with E-state index in [2.05, 4.69) is 0 Å². The van der Waals surface area contributed by atoms with E-state index < -0.39 is 7.37 Å². The number of halogens is 1. The fourth-order valence-electron chi connectivity index (χ4n) is 4.40. The van der Waals surface area contributed by atoms with Crippen molar-refractivity contribution in [3.8, 4) is 0 Å². The van der Waals surface area contributed by atoms with E-state index in [0.717, 1.165) is 11.1 Å². The molecule has 2 unspecified atom stereocenters. The zero-order chi connectivity index (χ0) is 22.8. The molecule has 0 fully saturated rings. The Hall–Kier alpha value is -2.84. The van der Waals surface area contributed by atoms with E-state index in [0.29, 0.717) is 11.1 Å². The van der Waals surface area contributed by atoms with Crippen LogP contribution in [0.1, 0.15) is 47.9 Å². The molecule has 0 aliphatic heterocycles. The molecule has 4 aromatic carbocycles. The first-order chi connectivity index (χ1) is 15.3. The van der Waals surface area contributed by atoms with Gasteiger partial charge in [0.1, 0.15) is 0 Å². The van der Waals surface area contributed by atoms with Crippen LogP contribution in [0.25, 0.3) is 0 Å². The van der Waals surface area contributed by atoms with E-state index in [9.17, 15) is 9.79 Å². The summed E-state index contributed by atoms with van der Waals surface area (Å²) in [4.78, 5) is 23.0. The van der Waals surface area contributed by atoms with E-state index in [4.69, 9.17) is 0 Å². The van der Waals surface area contributed by atoms with Gasteiger partial charge in [0.05, 0.1) is 0 Å². The van der Waals surface area contributed by atoms with Gasteiger partial charge in [0.25, 0.3) is 0 Å². The predicted octanol–water partition coefficient (Wildman–Crippen LogP) is 6.19. The molecule has 4 rings (SSSR count). The van der Waals surface area contributed by atoms with Crippen LogP contribution < -0.4 is 10.6 Å². The molecule has 2 nitrogen and oxygen atoms in total. The minimum absolute atomic E-state index is 0.0393. The van der Waals surface area contributed by atoms with E-state index in [1.165, 1.54) is 12.1 Å². The molecular weight excluding hydrogens is 418 g/mol. The summed E-state index contributed by atoms with van der Waals surface area (Å²) < 4.78 is 16.8. The van der Waals surface area contributed by atoms with Crippen molar-refractivity contribution in [2.75, 3.05) is 0 Å². The van der Waals surface area contributed by atoms with Gasteiger partial charge < -0.3 is 0 Å². The molecule has 0 amide bonds. The molecule has 164 valence electrons. The number of benzene rings is 4. The van der Waals surface area contributed by atoms with Crippen LogP contribution in [-0.4, -0.2) is 9.79 Å². The first kappa shape index (κ1) is 22.4. The van der Waals surface area contributed by atoms with Crippen molar-refractivity contribution in [2.24, 2.45) is 0 Å². The Morgan fingerprint density at radius 2 is 0.844 bits per heavy atom. The van der Waals surface area contributed by atoms with Crippen LogP contribution in [0.15, 0.2) is 109 Å². The Morgan fingerprint density at radius 1 is 0.531 bits per heavy atom. The molecule has 0 heterocycles. The van der Waals surface area contributed by atoms with Crippen molar-refractivity contribution in [3.05, 3.63) is 131 Å². The third-order valence-electron chi connectivity index (χ3n) is 6.26. The second-order valence-electron chi connectivity index (χ2n) is 8.30. The molecule has 0 radical (unpaired) electrons. The van der Waals surface area contributed by atoms with Crippen molar-refractivity contribution < 1.29 is 14.0 Å². The summed E-state index contributed by atoms with van der Waals surface area (Å²) in [7, 11) is -5.94. The van der Waals surface area contributed by atoms with Gasteiger partial charge in [-0.15, -0.1) is 0 Å². The molecule has 0 saturated carbocycles. The van der Waals surface area contributed by atoms with Crippen LogP contribution >= 0.6 is 7.37 Å². The summed E-state index contributed by atoms with van der Waals surface area (Å²) in [5.74, 6) is -0.412. The van der Waals surface area contributed by atoms with Crippen LogP contribution in [-0.2, 0) is 0 Å². The fraction of sp³-hybridized carbons (Fsp3) is 0.143. The van der Waals surface area contributed by atoms with E-state index >= 15 is 4.20 Å². The van der Waals surface area contributed by atoms with E-state index in [-0.39, 0.29) is 22.4 Å². The van der Waals surface area contributed by atoms with E-state index in [1.54, 1.807) is 24.3 Å². The number of hydrogen-bond donors (Lipinski definition) is 2. The molecule has 2 atom stereocenters. The minimum atomic E-state index is -5.94. The van der Waals surface area contributed by atoms with Crippen LogP contribution in [0.4, 0.5) is 4.20 Å². The summed E-state index contributed by atoms with van der Waals surface area (Å²) >= 11 is 0. The topological polar surface area (TPSA) is 40.5 Å². The van der Waals surface area contributed by atoms with Crippen LogP contribution in [0, 0.1) is 0 Å². The monoisotopic (exact) mass is 446 g/mol. The molecule has 0 spiro atoms. The Labute approximate surface area is 189 Å². The second kappa shape index (κ2) is 8.60. The third-order valence-corrected chi connectivity index (χ3v) is 8.78. The number of rotatable bonds is 6. The predicted molar refractivity (Wildman–Crippen MR) is 133 cm³/mol. The van der Waals surface area contributed by atoms with Crippen LogP contribution in [0.5, 0.6) is 0 Å². The van der Waals surface area contributed by atoms with Gasteiger partial charge >= 0.3 is 189 Å². The zero-order valence-electron chi connectivity index (χ0n) is 18.3. The van der Waals surface area contributed by atoms with Gasteiger partial charge in [0.15, 0.2) is 0 Å². The van der Waals surface area contributed by atoms with Gasteiger partial charge in [-0.25, -0.2) is 0 Å². The molecule has 0 aliphatic carbocycles. The van der Waals surface area contributed by atoms with Crippen LogP contribution in [0.2, 0.25) is 0 Å². The molecule has 0 aromatic heterocycles. The van der Waals surface area contributed by atoms with Gasteiger partial charge in [-0.2, -0.15) is 0 Å². The fourth-order valence-corrected chi connectivity index (χ4v) is 6.81. The van der Waals surface area contributed by atoms with Crippen molar-refractivity contribution in [3.63, 3.8) is 0 Å². The first-order valence-corrected chi connectivity index (χ1v) is 12.8. The third kappa shape index (κ3) is 4.12. The summed E-state index contributed by atoms with van der Waals surface area (Å²) in [6.45, 7) is 3.92. The van der Waals surface area contributed by atoms with Crippen LogP contribution in [0.3, 0.4) is 0 Å². The molecule has 0 saturated heterocycles. The average molecular weight is 447 g/mol. The Balaban J connectivity index is 1.88. The normalized spacial score (nSPS) is 14.8. The molecule has 4 aromatic rings. The molecule has 4 heteroatoms. The van der Waals surface area contributed by atoms with Gasteiger partial charge in [-0.05, 0) is 0 Å². The second-order valence-corrected chi connectivity index (χ2v) is 11.1. The summed E-state index contributed by atoms with van der Waals surface area (Å²) in [5.41, 5.74) is 3.12. The van der Waals surface area contributed by atoms with Gasteiger partial charge in [0.2, 0.25) is 0 Å². The molecule has 0 aliphatic rings.